The van der Waals surface area contributed by atoms with Gasteiger partial charge in [-0.3, -0.25) is 0 Å². The summed E-state index contributed by atoms with van der Waals surface area (Å²) < 4.78 is 0. The monoisotopic (exact) mass is 355 g/mol. The topological polar surface area (TPSA) is 56.8 Å². The Morgan fingerprint density at radius 2 is 1.93 bits per heavy atom. The van der Waals surface area contributed by atoms with Crippen LogP contribution >= 0.6 is 0 Å². The molecule has 5 heteroatoms. The number of H-pyrrole nitrogens is 1. The van der Waals surface area contributed by atoms with Gasteiger partial charge in [-0.25, -0.2) is 4.98 Å². The molecule has 0 aliphatic carbocycles. The first kappa shape index (κ1) is 15.9. The van der Waals surface area contributed by atoms with Crippen LogP contribution in [0.25, 0.3) is 10.9 Å². The van der Waals surface area contributed by atoms with Gasteiger partial charge < -0.3 is 15.2 Å². The molecule has 2 aromatic carbocycles. The highest BCUT2D eigenvalue weighted by Crippen LogP contribution is 2.32. The zero-order valence-corrected chi connectivity index (χ0v) is 15.0. The normalized spacial score (nSPS) is 13.1. The fourth-order valence-electron chi connectivity index (χ4n) is 3.79. The Hall–Kier alpha value is -3.34. The van der Waals surface area contributed by atoms with E-state index in [1.807, 2.05) is 12.3 Å². The van der Waals surface area contributed by atoms with E-state index in [0.29, 0.717) is 0 Å². The van der Waals surface area contributed by atoms with Crippen molar-refractivity contribution in [2.24, 2.45) is 0 Å². The fourth-order valence-corrected chi connectivity index (χ4v) is 3.79. The van der Waals surface area contributed by atoms with Crippen molar-refractivity contribution in [1.29, 1.82) is 0 Å². The molecule has 0 unspecified atom stereocenters. The van der Waals surface area contributed by atoms with Gasteiger partial charge in [0.25, 0.3) is 0 Å². The molecule has 0 spiro atoms. The first-order valence-corrected chi connectivity index (χ1v) is 9.36. The second-order valence-electron chi connectivity index (χ2n) is 6.81. The first-order chi connectivity index (χ1) is 13.4. The summed E-state index contributed by atoms with van der Waals surface area (Å²) >= 11 is 0. The molecule has 27 heavy (non-hydrogen) atoms. The Labute approximate surface area is 158 Å². The third-order valence-electron chi connectivity index (χ3n) is 5.15. The Morgan fingerprint density at radius 3 is 2.93 bits per heavy atom. The molecule has 5 rings (SSSR count). The maximum Gasteiger partial charge on any atom is 0.231 e. The van der Waals surface area contributed by atoms with Crippen LogP contribution in [0.2, 0.25) is 0 Å². The van der Waals surface area contributed by atoms with E-state index in [1.54, 1.807) is 0 Å². The molecule has 0 fully saturated rings. The molecule has 2 aromatic heterocycles. The van der Waals surface area contributed by atoms with E-state index in [4.69, 9.17) is 4.98 Å². The average molecular weight is 355 g/mol. The Bertz CT molecular complexity index is 1080. The smallest absolute Gasteiger partial charge is 0.231 e. The Balaban J connectivity index is 1.29. The number of para-hydroxylation sites is 2. The molecule has 0 bridgehead atoms. The average Bonchev–Trinajstić information content (AvgIpc) is 3.33. The summed E-state index contributed by atoms with van der Waals surface area (Å²) in [6, 6.07) is 18.8. The number of hydrogen-bond donors (Lipinski definition) is 2. The van der Waals surface area contributed by atoms with Gasteiger partial charge in [0.05, 0.1) is 0 Å². The van der Waals surface area contributed by atoms with Crippen molar-refractivity contribution < 1.29 is 0 Å². The third-order valence-corrected chi connectivity index (χ3v) is 5.15. The van der Waals surface area contributed by atoms with E-state index < -0.39 is 0 Å². The lowest BCUT2D eigenvalue weighted by Gasteiger charge is -2.17. The zero-order chi connectivity index (χ0) is 18.1. The van der Waals surface area contributed by atoms with Crippen LogP contribution in [0.1, 0.15) is 11.1 Å². The first-order valence-electron chi connectivity index (χ1n) is 9.36. The van der Waals surface area contributed by atoms with Crippen LogP contribution < -0.4 is 10.2 Å². The second kappa shape index (κ2) is 6.76. The summed E-state index contributed by atoms with van der Waals surface area (Å²) in [4.78, 5) is 14.7. The van der Waals surface area contributed by atoms with Crippen molar-refractivity contribution in [2.75, 3.05) is 23.3 Å². The summed E-state index contributed by atoms with van der Waals surface area (Å²) in [7, 11) is 0. The van der Waals surface area contributed by atoms with Crippen LogP contribution in [0.5, 0.6) is 0 Å². The fraction of sp³-hybridized carbons (Fsp3) is 0.182. The van der Waals surface area contributed by atoms with Crippen molar-refractivity contribution in [3.63, 3.8) is 0 Å². The van der Waals surface area contributed by atoms with Gasteiger partial charge in [-0.2, -0.15) is 4.98 Å². The largest absolute Gasteiger partial charge is 0.370 e. The van der Waals surface area contributed by atoms with Crippen LogP contribution in [0.15, 0.2) is 67.0 Å². The maximum absolute atomic E-state index is 4.73. The molecule has 1 aliphatic rings. The maximum atomic E-state index is 4.73. The van der Waals surface area contributed by atoms with Crippen molar-refractivity contribution in [1.82, 2.24) is 15.0 Å². The van der Waals surface area contributed by atoms with Crippen LogP contribution in [-0.2, 0) is 12.8 Å². The highest BCUT2D eigenvalue weighted by Gasteiger charge is 2.21. The van der Waals surface area contributed by atoms with Gasteiger partial charge in [0, 0.05) is 42.1 Å². The summed E-state index contributed by atoms with van der Waals surface area (Å²) in [6.45, 7) is 1.76. The number of benzene rings is 2. The lowest BCUT2D eigenvalue weighted by Crippen LogP contribution is -2.17. The highest BCUT2D eigenvalue weighted by atomic mass is 15.3. The number of anilines is 3. The van der Waals surface area contributed by atoms with E-state index in [0.717, 1.165) is 37.7 Å². The number of nitrogens with zero attached hydrogens (tertiary/aromatic N) is 3. The minimum absolute atomic E-state index is 0.761. The number of fused-ring (bicyclic) bond motifs is 2. The van der Waals surface area contributed by atoms with Crippen molar-refractivity contribution >= 4 is 28.4 Å². The molecule has 5 nitrogen and oxygen atoms in total. The van der Waals surface area contributed by atoms with Gasteiger partial charge in [0.2, 0.25) is 5.95 Å². The Kier molecular flexibility index (Phi) is 3.98. The number of aromatic nitrogens is 3. The zero-order valence-electron chi connectivity index (χ0n) is 15.0. The van der Waals surface area contributed by atoms with Crippen molar-refractivity contribution in [2.45, 2.75) is 12.8 Å². The quantitative estimate of drug-likeness (QED) is 0.560. The van der Waals surface area contributed by atoms with Crippen molar-refractivity contribution in [3.8, 4) is 0 Å². The molecule has 0 saturated carbocycles. The SMILES string of the molecule is c1ccc2c(c1)CCN2c1nccc(NCCc2c[nH]c3ccccc23)n1. The molecule has 3 heterocycles. The minimum Gasteiger partial charge on any atom is -0.370 e. The lowest BCUT2D eigenvalue weighted by atomic mass is 10.1. The van der Waals surface area contributed by atoms with Crippen LogP contribution in [0.3, 0.4) is 0 Å². The van der Waals surface area contributed by atoms with Gasteiger partial charge >= 0.3 is 0 Å². The molecule has 0 atom stereocenters. The molecule has 0 radical (unpaired) electrons. The summed E-state index contributed by atoms with van der Waals surface area (Å²) in [5, 5.41) is 4.73. The van der Waals surface area contributed by atoms with Gasteiger partial charge in [0.1, 0.15) is 5.82 Å². The van der Waals surface area contributed by atoms with E-state index >= 15 is 0 Å². The minimum atomic E-state index is 0.761. The molecule has 1 aliphatic heterocycles. The molecule has 0 amide bonds. The molecular weight excluding hydrogens is 334 g/mol. The predicted molar refractivity (Wildman–Crippen MR) is 110 cm³/mol. The van der Waals surface area contributed by atoms with E-state index in [-0.39, 0.29) is 0 Å². The Morgan fingerprint density at radius 1 is 1.04 bits per heavy atom. The van der Waals surface area contributed by atoms with E-state index in [1.165, 1.54) is 27.7 Å². The van der Waals surface area contributed by atoms with E-state index in [2.05, 4.69) is 74.9 Å². The van der Waals surface area contributed by atoms with E-state index in [9.17, 15) is 0 Å². The van der Waals surface area contributed by atoms with Crippen LogP contribution in [0, 0.1) is 0 Å². The summed E-state index contributed by atoms with van der Waals surface area (Å²) in [6.07, 6.45) is 5.91. The third kappa shape index (κ3) is 3.01. The highest BCUT2D eigenvalue weighted by molar-refractivity contribution is 5.83. The number of rotatable bonds is 5. The molecule has 134 valence electrons. The lowest BCUT2D eigenvalue weighted by molar-refractivity contribution is 0.933. The molecule has 2 N–H and O–H groups in total. The predicted octanol–water partition coefficient (Wildman–Crippen LogP) is 4.31. The van der Waals surface area contributed by atoms with Crippen molar-refractivity contribution in [3.05, 3.63) is 78.1 Å². The number of aromatic amines is 1. The van der Waals surface area contributed by atoms with Gasteiger partial charge in [0.15, 0.2) is 0 Å². The number of nitrogens with one attached hydrogen (secondary N) is 2. The van der Waals surface area contributed by atoms with Gasteiger partial charge in [-0.15, -0.1) is 0 Å². The number of hydrogen-bond acceptors (Lipinski definition) is 4. The molecular formula is C22H21N5. The van der Waals surface area contributed by atoms with Crippen LogP contribution in [-0.4, -0.2) is 28.0 Å². The standard InChI is InChI=1S/C22H21N5/c1-4-8-20-16(5-1)11-14-27(20)22-24-13-10-21(26-22)23-12-9-17-15-25-19-7-3-2-6-18(17)19/h1-8,10,13,15,25H,9,11-12,14H2,(H,23,24,26). The molecule has 4 aromatic rings. The summed E-state index contributed by atoms with van der Waals surface area (Å²) in [5.74, 6) is 1.63. The summed E-state index contributed by atoms with van der Waals surface area (Å²) in [5.41, 5.74) is 5.08. The van der Waals surface area contributed by atoms with Crippen LogP contribution in [0.4, 0.5) is 17.5 Å². The molecule has 0 saturated heterocycles. The van der Waals surface area contributed by atoms with Gasteiger partial charge in [-0.1, -0.05) is 36.4 Å². The second-order valence-corrected chi connectivity index (χ2v) is 6.81. The van der Waals surface area contributed by atoms with Gasteiger partial charge in [-0.05, 0) is 42.2 Å².